The minimum atomic E-state index is 0.226. The van der Waals surface area contributed by atoms with Crippen molar-refractivity contribution in [1.29, 1.82) is 0 Å². The van der Waals surface area contributed by atoms with Crippen molar-refractivity contribution in [3.63, 3.8) is 0 Å². The van der Waals surface area contributed by atoms with Gasteiger partial charge in [-0.05, 0) is 49.0 Å². The summed E-state index contributed by atoms with van der Waals surface area (Å²) in [4.78, 5) is 3.94. The molecule has 2 heterocycles. The Balaban J connectivity index is 2.03. The minimum absolute atomic E-state index is 0.226. The molecule has 0 amide bonds. The normalized spacial score (nSPS) is 17.3. The van der Waals surface area contributed by atoms with Gasteiger partial charge in [-0.3, -0.25) is 4.90 Å². The average Bonchev–Trinajstić information content (AvgIpc) is 2.86. The molecular formula is C19H26N2O2S. The Morgan fingerprint density at radius 1 is 1.12 bits per heavy atom. The van der Waals surface area contributed by atoms with E-state index < -0.39 is 0 Å². The van der Waals surface area contributed by atoms with Crippen molar-refractivity contribution in [3.05, 3.63) is 45.6 Å². The summed E-state index contributed by atoms with van der Waals surface area (Å²) in [7, 11) is 3.42. The van der Waals surface area contributed by atoms with Crippen LogP contribution in [0.1, 0.15) is 28.5 Å². The Morgan fingerprint density at radius 3 is 2.71 bits per heavy atom. The van der Waals surface area contributed by atoms with Crippen LogP contribution in [0.2, 0.25) is 0 Å². The molecule has 2 aromatic rings. The van der Waals surface area contributed by atoms with E-state index in [2.05, 4.69) is 34.7 Å². The summed E-state index contributed by atoms with van der Waals surface area (Å²) in [6.45, 7) is 6.40. The first-order chi connectivity index (χ1) is 11.7. The second kappa shape index (κ2) is 8.01. The summed E-state index contributed by atoms with van der Waals surface area (Å²) in [6.07, 6.45) is 1.17. The van der Waals surface area contributed by atoms with Gasteiger partial charge < -0.3 is 14.8 Å². The lowest BCUT2D eigenvalue weighted by Gasteiger charge is -2.31. The zero-order valence-corrected chi connectivity index (χ0v) is 15.5. The number of hydrogen-bond acceptors (Lipinski definition) is 5. The van der Waals surface area contributed by atoms with Crippen LogP contribution in [0, 0.1) is 6.92 Å². The number of rotatable bonds is 5. The van der Waals surface area contributed by atoms with Gasteiger partial charge in [0, 0.05) is 36.1 Å². The number of thiophene rings is 1. The Kier molecular flexibility index (Phi) is 5.76. The molecule has 0 bridgehead atoms. The number of nitrogens with one attached hydrogen (secondary N) is 1. The van der Waals surface area contributed by atoms with Gasteiger partial charge >= 0.3 is 0 Å². The van der Waals surface area contributed by atoms with E-state index in [1.54, 1.807) is 14.2 Å². The van der Waals surface area contributed by atoms with Crippen LogP contribution >= 0.6 is 11.3 Å². The quantitative estimate of drug-likeness (QED) is 0.899. The van der Waals surface area contributed by atoms with E-state index in [0.717, 1.165) is 37.7 Å². The summed E-state index contributed by atoms with van der Waals surface area (Å²) in [5.74, 6) is 1.72. The van der Waals surface area contributed by atoms with Crippen molar-refractivity contribution in [1.82, 2.24) is 10.2 Å². The highest BCUT2D eigenvalue weighted by molar-refractivity contribution is 7.10. The molecule has 0 radical (unpaired) electrons. The molecular weight excluding hydrogens is 320 g/mol. The highest BCUT2D eigenvalue weighted by Crippen LogP contribution is 2.39. The summed E-state index contributed by atoms with van der Waals surface area (Å²) in [5.41, 5.74) is 2.53. The second-order valence-electron chi connectivity index (χ2n) is 6.18. The van der Waals surface area contributed by atoms with Crippen LogP contribution in [-0.4, -0.2) is 45.3 Å². The van der Waals surface area contributed by atoms with Crippen molar-refractivity contribution < 1.29 is 9.47 Å². The van der Waals surface area contributed by atoms with E-state index in [1.807, 2.05) is 23.5 Å². The van der Waals surface area contributed by atoms with Crippen molar-refractivity contribution in [3.8, 4) is 11.5 Å². The highest BCUT2D eigenvalue weighted by atomic mass is 32.1. The smallest absolute Gasteiger partial charge is 0.127 e. The van der Waals surface area contributed by atoms with Crippen molar-refractivity contribution in [2.45, 2.75) is 19.4 Å². The molecule has 24 heavy (non-hydrogen) atoms. The predicted molar refractivity (Wildman–Crippen MR) is 99.5 cm³/mol. The fourth-order valence-corrected chi connectivity index (χ4v) is 4.34. The Labute approximate surface area is 148 Å². The predicted octanol–water partition coefficient (Wildman–Crippen LogP) is 3.46. The van der Waals surface area contributed by atoms with E-state index >= 15 is 0 Å². The molecule has 1 N–H and O–H groups in total. The number of ether oxygens (including phenoxy) is 2. The van der Waals surface area contributed by atoms with Crippen LogP contribution < -0.4 is 14.8 Å². The Bertz CT molecular complexity index is 663. The zero-order valence-electron chi connectivity index (χ0n) is 14.7. The van der Waals surface area contributed by atoms with Crippen molar-refractivity contribution >= 4 is 11.3 Å². The van der Waals surface area contributed by atoms with Gasteiger partial charge in [-0.1, -0.05) is 0 Å². The molecule has 1 aliphatic heterocycles. The summed E-state index contributed by atoms with van der Waals surface area (Å²) in [6, 6.07) is 8.69. The molecule has 1 unspecified atom stereocenters. The fraction of sp³-hybridized carbons (Fsp3) is 0.474. The number of methoxy groups -OCH3 is 2. The monoisotopic (exact) mass is 346 g/mol. The van der Waals surface area contributed by atoms with Gasteiger partial charge in [0.05, 0.1) is 20.3 Å². The first-order valence-electron chi connectivity index (χ1n) is 8.44. The summed E-state index contributed by atoms with van der Waals surface area (Å²) >= 11 is 1.83. The number of nitrogens with zero attached hydrogens (tertiary/aromatic N) is 1. The van der Waals surface area contributed by atoms with Crippen LogP contribution in [0.15, 0.2) is 29.6 Å². The van der Waals surface area contributed by atoms with Gasteiger partial charge in [0.15, 0.2) is 0 Å². The molecule has 3 rings (SSSR count). The van der Waals surface area contributed by atoms with E-state index in [9.17, 15) is 0 Å². The van der Waals surface area contributed by atoms with Gasteiger partial charge in [-0.25, -0.2) is 0 Å². The standard InChI is InChI=1S/C19H26N2O2S/c1-14-11-18(24-13-14)19(21-9-4-7-20-8-10-21)16-6-5-15(22-2)12-17(16)23-3/h5-6,11-13,19-20H,4,7-10H2,1-3H3. The lowest BCUT2D eigenvalue weighted by molar-refractivity contribution is 0.238. The molecule has 0 saturated carbocycles. The molecule has 0 aliphatic carbocycles. The SMILES string of the molecule is COc1ccc(C(c2cc(C)cs2)N2CCCNCC2)c(OC)c1. The van der Waals surface area contributed by atoms with E-state index in [1.165, 1.54) is 22.4 Å². The molecule has 1 aromatic carbocycles. The van der Waals surface area contributed by atoms with Gasteiger partial charge in [0.25, 0.3) is 0 Å². The van der Waals surface area contributed by atoms with Crippen LogP contribution in [-0.2, 0) is 0 Å². The molecule has 0 spiro atoms. The summed E-state index contributed by atoms with van der Waals surface area (Å²) in [5, 5.41) is 5.73. The Morgan fingerprint density at radius 2 is 2.00 bits per heavy atom. The third kappa shape index (κ3) is 3.74. The largest absolute Gasteiger partial charge is 0.497 e. The van der Waals surface area contributed by atoms with Gasteiger partial charge in [-0.2, -0.15) is 0 Å². The summed E-state index contributed by atoms with van der Waals surface area (Å²) < 4.78 is 11.1. The molecule has 4 nitrogen and oxygen atoms in total. The maximum absolute atomic E-state index is 5.70. The van der Waals surface area contributed by atoms with E-state index in [4.69, 9.17) is 9.47 Å². The van der Waals surface area contributed by atoms with E-state index in [-0.39, 0.29) is 6.04 Å². The third-order valence-corrected chi connectivity index (χ3v) is 5.60. The highest BCUT2D eigenvalue weighted by Gasteiger charge is 2.27. The maximum atomic E-state index is 5.70. The first-order valence-corrected chi connectivity index (χ1v) is 9.32. The lowest BCUT2D eigenvalue weighted by atomic mass is 10.0. The molecule has 1 saturated heterocycles. The molecule has 1 aromatic heterocycles. The third-order valence-electron chi connectivity index (χ3n) is 4.50. The first kappa shape index (κ1) is 17.3. The van der Waals surface area contributed by atoms with Crippen molar-refractivity contribution in [2.24, 2.45) is 0 Å². The zero-order chi connectivity index (χ0) is 16.9. The second-order valence-corrected chi connectivity index (χ2v) is 7.12. The fourth-order valence-electron chi connectivity index (χ4n) is 3.30. The number of benzene rings is 1. The molecule has 130 valence electrons. The molecule has 5 heteroatoms. The number of hydrogen-bond donors (Lipinski definition) is 1. The van der Waals surface area contributed by atoms with Crippen molar-refractivity contribution in [2.75, 3.05) is 40.4 Å². The van der Waals surface area contributed by atoms with Crippen LogP contribution in [0.25, 0.3) is 0 Å². The van der Waals surface area contributed by atoms with Crippen LogP contribution in [0.4, 0.5) is 0 Å². The average molecular weight is 346 g/mol. The topological polar surface area (TPSA) is 33.7 Å². The minimum Gasteiger partial charge on any atom is -0.497 e. The maximum Gasteiger partial charge on any atom is 0.127 e. The van der Waals surface area contributed by atoms with Gasteiger partial charge in [0.2, 0.25) is 0 Å². The lowest BCUT2D eigenvalue weighted by Crippen LogP contribution is -2.32. The van der Waals surface area contributed by atoms with Gasteiger partial charge in [0.1, 0.15) is 11.5 Å². The van der Waals surface area contributed by atoms with Crippen LogP contribution in [0.3, 0.4) is 0 Å². The van der Waals surface area contributed by atoms with E-state index in [0.29, 0.717) is 0 Å². The molecule has 1 fully saturated rings. The van der Waals surface area contributed by atoms with Crippen LogP contribution in [0.5, 0.6) is 11.5 Å². The molecule has 1 aliphatic rings. The Hall–Kier alpha value is -1.56. The molecule has 1 atom stereocenters. The number of aryl methyl sites for hydroxylation is 1. The van der Waals surface area contributed by atoms with Gasteiger partial charge in [-0.15, -0.1) is 11.3 Å².